The van der Waals surface area contributed by atoms with Crippen LogP contribution in [0.4, 0.5) is 11.4 Å². The Morgan fingerprint density at radius 1 is 0.926 bits per heavy atom. The maximum absolute atomic E-state index is 13.0. The number of piperazine rings is 1. The number of hydrogen-bond donors (Lipinski definition) is 0. The quantitative estimate of drug-likeness (QED) is 0.781. The van der Waals surface area contributed by atoms with Gasteiger partial charge < -0.3 is 14.7 Å². The minimum atomic E-state index is -3.52. The molecular formula is C20H24ClN3O2S. The molecule has 2 aromatic rings. The van der Waals surface area contributed by atoms with E-state index >= 15 is 0 Å². The number of anilines is 2. The number of benzene rings is 2. The summed E-state index contributed by atoms with van der Waals surface area (Å²) in [6.07, 6.45) is 0.962. The highest BCUT2D eigenvalue weighted by molar-refractivity contribution is 7.92. The second-order valence-corrected chi connectivity index (χ2v) is 9.56. The summed E-state index contributed by atoms with van der Waals surface area (Å²) in [4.78, 5) is 7.64. The minimum absolute atomic E-state index is 0.338. The van der Waals surface area contributed by atoms with Crippen LogP contribution in [0.2, 0.25) is 5.02 Å². The first-order valence-electron chi connectivity index (χ1n) is 9.29. The van der Waals surface area contributed by atoms with E-state index in [1.54, 1.807) is 30.3 Å². The van der Waals surface area contributed by atoms with E-state index in [0.29, 0.717) is 20.5 Å². The molecule has 1 fully saturated rings. The second kappa shape index (κ2) is 7.43. The molecule has 2 aliphatic rings. The SMILES string of the molecule is CN1CCN(CCCN2c3ccccc3S(=O)(=O)c3ccc(Cl)cc32)CC1. The van der Waals surface area contributed by atoms with Crippen molar-refractivity contribution in [1.82, 2.24) is 9.80 Å². The lowest BCUT2D eigenvalue weighted by Crippen LogP contribution is -2.45. The van der Waals surface area contributed by atoms with E-state index < -0.39 is 9.84 Å². The number of hydrogen-bond acceptors (Lipinski definition) is 5. The Labute approximate surface area is 166 Å². The van der Waals surface area contributed by atoms with Gasteiger partial charge in [-0.3, -0.25) is 0 Å². The van der Waals surface area contributed by atoms with Gasteiger partial charge in [-0.25, -0.2) is 8.42 Å². The second-order valence-electron chi connectivity index (χ2n) is 7.23. The molecule has 27 heavy (non-hydrogen) atoms. The molecule has 0 spiro atoms. The third kappa shape index (κ3) is 3.59. The van der Waals surface area contributed by atoms with E-state index in [2.05, 4.69) is 21.7 Å². The molecule has 0 bridgehead atoms. The first-order chi connectivity index (χ1) is 13.0. The Hall–Kier alpha value is -1.60. The van der Waals surface area contributed by atoms with E-state index in [1.165, 1.54) is 0 Å². The third-order valence-electron chi connectivity index (χ3n) is 5.40. The van der Waals surface area contributed by atoms with Gasteiger partial charge in [0.15, 0.2) is 0 Å². The standard InChI is InChI=1S/C20H24ClN3O2S/c1-22-11-13-23(14-12-22)9-4-10-24-17-5-2-3-6-19(17)27(25,26)20-8-7-16(21)15-18(20)24/h2-3,5-8,15H,4,9-14H2,1H3. The fourth-order valence-electron chi connectivity index (χ4n) is 3.85. The minimum Gasteiger partial charge on any atom is -0.339 e. The van der Waals surface area contributed by atoms with Gasteiger partial charge in [-0.05, 0) is 50.3 Å². The monoisotopic (exact) mass is 405 g/mol. The molecule has 0 atom stereocenters. The highest BCUT2D eigenvalue weighted by Gasteiger charge is 2.33. The van der Waals surface area contributed by atoms with Gasteiger partial charge >= 0.3 is 0 Å². The van der Waals surface area contributed by atoms with Crippen molar-refractivity contribution in [2.45, 2.75) is 16.2 Å². The molecule has 2 heterocycles. The normalized spacial score (nSPS) is 19.6. The average molecular weight is 406 g/mol. The van der Waals surface area contributed by atoms with Gasteiger partial charge in [0.2, 0.25) is 9.84 Å². The fourth-order valence-corrected chi connectivity index (χ4v) is 5.66. The molecule has 2 aromatic carbocycles. The maximum atomic E-state index is 13.0. The molecule has 0 aliphatic carbocycles. The Bertz CT molecular complexity index is 940. The summed E-state index contributed by atoms with van der Waals surface area (Å²) in [5, 5.41) is 0.549. The molecule has 4 rings (SSSR count). The molecule has 0 aromatic heterocycles. The molecule has 0 N–H and O–H groups in total. The number of rotatable bonds is 4. The van der Waals surface area contributed by atoms with Gasteiger partial charge in [0.1, 0.15) is 0 Å². The molecule has 1 saturated heterocycles. The largest absolute Gasteiger partial charge is 0.339 e. The van der Waals surface area contributed by atoms with Crippen molar-refractivity contribution in [3.8, 4) is 0 Å². The van der Waals surface area contributed by atoms with Crippen molar-refractivity contribution in [3.63, 3.8) is 0 Å². The summed E-state index contributed by atoms with van der Waals surface area (Å²) in [7, 11) is -1.36. The number of halogens is 1. The topological polar surface area (TPSA) is 43.9 Å². The number of para-hydroxylation sites is 1. The van der Waals surface area contributed by atoms with Crippen LogP contribution in [0, 0.1) is 0 Å². The molecule has 5 nitrogen and oxygen atoms in total. The maximum Gasteiger partial charge on any atom is 0.210 e. The Balaban J connectivity index is 1.60. The van der Waals surface area contributed by atoms with E-state index in [-0.39, 0.29) is 0 Å². The molecular weight excluding hydrogens is 382 g/mol. The molecule has 2 aliphatic heterocycles. The van der Waals surface area contributed by atoms with Crippen molar-refractivity contribution in [2.75, 3.05) is 51.2 Å². The Kier molecular flexibility index (Phi) is 5.16. The van der Waals surface area contributed by atoms with Gasteiger partial charge in [-0.15, -0.1) is 0 Å². The van der Waals surface area contributed by atoms with Crippen LogP contribution in [0.1, 0.15) is 6.42 Å². The lowest BCUT2D eigenvalue weighted by Gasteiger charge is -2.35. The smallest absolute Gasteiger partial charge is 0.210 e. The lowest BCUT2D eigenvalue weighted by atomic mass is 10.2. The molecule has 0 amide bonds. The summed E-state index contributed by atoms with van der Waals surface area (Å²) < 4.78 is 26.0. The van der Waals surface area contributed by atoms with Gasteiger partial charge in [0.25, 0.3) is 0 Å². The van der Waals surface area contributed by atoms with E-state index in [9.17, 15) is 8.42 Å². The van der Waals surface area contributed by atoms with Crippen LogP contribution >= 0.6 is 11.6 Å². The summed E-state index contributed by atoms with van der Waals surface area (Å²) in [5.41, 5.74) is 1.42. The molecule has 0 radical (unpaired) electrons. The zero-order chi connectivity index (χ0) is 19.0. The molecule has 7 heteroatoms. The fraction of sp³-hybridized carbons (Fsp3) is 0.400. The number of sulfone groups is 1. The highest BCUT2D eigenvalue weighted by Crippen LogP contribution is 2.44. The lowest BCUT2D eigenvalue weighted by molar-refractivity contribution is 0.153. The summed E-state index contributed by atoms with van der Waals surface area (Å²) in [5.74, 6) is 0. The predicted octanol–water partition coefficient (Wildman–Crippen LogP) is 3.26. The zero-order valence-corrected chi connectivity index (χ0v) is 17.0. The zero-order valence-electron chi connectivity index (χ0n) is 15.4. The first kappa shape index (κ1) is 18.7. The van der Waals surface area contributed by atoms with E-state index in [1.807, 2.05) is 12.1 Å². The average Bonchev–Trinajstić information content (AvgIpc) is 2.66. The van der Waals surface area contributed by atoms with Crippen LogP contribution in [0.15, 0.2) is 52.3 Å². The van der Waals surface area contributed by atoms with Crippen LogP contribution < -0.4 is 4.90 Å². The van der Waals surface area contributed by atoms with Gasteiger partial charge in [-0.2, -0.15) is 0 Å². The van der Waals surface area contributed by atoms with Gasteiger partial charge in [0.05, 0.1) is 21.2 Å². The van der Waals surface area contributed by atoms with Crippen molar-refractivity contribution >= 4 is 32.8 Å². The number of fused-ring (bicyclic) bond motifs is 2. The summed E-state index contributed by atoms with van der Waals surface area (Å²) >= 11 is 6.20. The molecule has 0 saturated carbocycles. The van der Waals surface area contributed by atoms with Crippen LogP contribution in [0.3, 0.4) is 0 Å². The van der Waals surface area contributed by atoms with Crippen LogP contribution in [-0.4, -0.2) is 64.5 Å². The van der Waals surface area contributed by atoms with Gasteiger partial charge in [-0.1, -0.05) is 23.7 Å². The predicted molar refractivity (Wildman–Crippen MR) is 109 cm³/mol. The molecule has 0 unspecified atom stereocenters. The highest BCUT2D eigenvalue weighted by atomic mass is 35.5. The van der Waals surface area contributed by atoms with E-state index in [4.69, 9.17) is 11.6 Å². The summed E-state index contributed by atoms with van der Waals surface area (Å²) in [6.45, 7) is 6.14. The number of nitrogens with zero attached hydrogens (tertiary/aromatic N) is 3. The van der Waals surface area contributed by atoms with Crippen molar-refractivity contribution < 1.29 is 8.42 Å². The third-order valence-corrected chi connectivity index (χ3v) is 7.48. The van der Waals surface area contributed by atoms with E-state index in [0.717, 1.165) is 51.4 Å². The Morgan fingerprint density at radius 2 is 1.63 bits per heavy atom. The van der Waals surface area contributed by atoms with Crippen LogP contribution in [-0.2, 0) is 9.84 Å². The molecule has 144 valence electrons. The first-order valence-corrected chi connectivity index (χ1v) is 11.1. The van der Waals surface area contributed by atoms with Crippen molar-refractivity contribution in [3.05, 3.63) is 47.5 Å². The summed E-state index contributed by atoms with van der Waals surface area (Å²) in [6, 6.07) is 12.3. The Morgan fingerprint density at radius 3 is 2.41 bits per heavy atom. The van der Waals surface area contributed by atoms with Crippen molar-refractivity contribution in [1.29, 1.82) is 0 Å². The number of likely N-dealkylation sites (N-methyl/N-ethyl adjacent to an activating group) is 1. The van der Waals surface area contributed by atoms with Crippen LogP contribution in [0.5, 0.6) is 0 Å². The van der Waals surface area contributed by atoms with Crippen molar-refractivity contribution in [2.24, 2.45) is 0 Å². The van der Waals surface area contributed by atoms with Crippen LogP contribution in [0.25, 0.3) is 0 Å². The van der Waals surface area contributed by atoms with Gasteiger partial charge in [0, 0.05) is 37.7 Å².